The molecule has 3 rings (SSSR count). The predicted molar refractivity (Wildman–Crippen MR) is 95.0 cm³/mol. The highest BCUT2D eigenvalue weighted by molar-refractivity contribution is 7.99. The normalized spacial score (nSPS) is 11.0. The van der Waals surface area contributed by atoms with Crippen LogP contribution >= 0.6 is 11.8 Å². The number of halogens is 2. The molecule has 5 nitrogen and oxygen atoms in total. The number of benzene rings is 2. The smallest absolute Gasteiger partial charge is 0.322 e. The highest BCUT2D eigenvalue weighted by Crippen LogP contribution is 2.28. The molecule has 0 atom stereocenters. The molecular weight excluding hydrogens is 360 g/mol. The van der Waals surface area contributed by atoms with Gasteiger partial charge in [-0.2, -0.15) is 0 Å². The molecule has 0 unspecified atom stereocenters. The third-order valence-corrected chi connectivity index (χ3v) is 4.27. The maximum atomic E-state index is 13.7. The van der Waals surface area contributed by atoms with E-state index in [4.69, 9.17) is 4.42 Å². The van der Waals surface area contributed by atoms with Gasteiger partial charge in [-0.15, -0.1) is 16.9 Å². The van der Waals surface area contributed by atoms with E-state index in [0.717, 1.165) is 17.0 Å². The molecule has 0 fully saturated rings. The van der Waals surface area contributed by atoms with Crippen LogP contribution in [-0.2, 0) is 0 Å². The zero-order valence-corrected chi connectivity index (χ0v) is 14.8. The number of anilines is 1. The molecule has 3 aromatic rings. The van der Waals surface area contributed by atoms with Crippen LogP contribution in [0, 0.1) is 11.6 Å². The molecule has 0 bridgehead atoms. The average molecular weight is 375 g/mol. The number of amides is 1. The second-order valence-corrected chi connectivity index (χ2v) is 7.34. The van der Waals surface area contributed by atoms with E-state index in [9.17, 15) is 13.6 Å². The molecule has 8 heteroatoms. The van der Waals surface area contributed by atoms with Crippen LogP contribution in [0.4, 0.5) is 14.8 Å². The summed E-state index contributed by atoms with van der Waals surface area (Å²) >= 11 is 1.69. The lowest BCUT2D eigenvalue weighted by Crippen LogP contribution is -2.14. The Labute approximate surface area is 152 Å². The lowest BCUT2D eigenvalue weighted by molar-refractivity contribution is 0.102. The van der Waals surface area contributed by atoms with Gasteiger partial charge >= 0.3 is 6.01 Å². The summed E-state index contributed by atoms with van der Waals surface area (Å²) in [6, 6.07) is 10.1. The van der Waals surface area contributed by atoms with E-state index >= 15 is 0 Å². The van der Waals surface area contributed by atoms with Gasteiger partial charge in [0.25, 0.3) is 5.91 Å². The van der Waals surface area contributed by atoms with Crippen molar-refractivity contribution in [1.29, 1.82) is 0 Å². The summed E-state index contributed by atoms with van der Waals surface area (Å²) in [7, 11) is 0. The lowest BCUT2D eigenvalue weighted by atomic mass is 10.2. The number of carbonyl (C=O) groups is 1. The van der Waals surface area contributed by atoms with Crippen molar-refractivity contribution in [3.05, 3.63) is 59.7 Å². The Balaban J connectivity index is 1.77. The summed E-state index contributed by atoms with van der Waals surface area (Å²) in [5.41, 5.74) is 0.387. The minimum absolute atomic E-state index is 0.171. The van der Waals surface area contributed by atoms with Crippen molar-refractivity contribution in [3.8, 4) is 11.5 Å². The first kappa shape index (κ1) is 18.1. The van der Waals surface area contributed by atoms with E-state index in [1.54, 1.807) is 11.8 Å². The Hall–Kier alpha value is -2.74. The van der Waals surface area contributed by atoms with Crippen LogP contribution in [0.15, 0.2) is 51.8 Å². The third-order valence-electron chi connectivity index (χ3n) is 3.27. The number of rotatable bonds is 5. The summed E-state index contributed by atoms with van der Waals surface area (Å²) in [6.07, 6.45) is 0. The van der Waals surface area contributed by atoms with Crippen molar-refractivity contribution < 1.29 is 18.0 Å². The zero-order chi connectivity index (χ0) is 18.7. The van der Waals surface area contributed by atoms with E-state index in [1.807, 2.05) is 24.3 Å². The van der Waals surface area contributed by atoms with Crippen LogP contribution in [0.3, 0.4) is 0 Å². The molecule has 0 saturated heterocycles. The summed E-state index contributed by atoms with van der Waals surface area (Å²) in [5, 5.41) is 10.4. The summed E-state index contributed by atoms with van der Waals surface area (Å²) in [5.74, 6) is -2.31. The highest BCUT2D eigenvalue weighted by Gasteiger charge is 2.16. The van der Waals surface area contributed by atoms with Crippen molar-refractivity contribution >= 4 is 23.7 Å². The van der Waals surface area contributed by atoms with Gasteiger partial charge in [0.1, 0.15) is 11.6 Å². The van der Waals surface area contributed by atoms with Gasteiger partial charge < -0.3 is 4.42 Å². The maximum Gasteiger partial charge on any atom is 0.322 e. The molecule has 0 spiro atoms. The molecule has 1 aromatic heterocycles. The van der Waals surface area contributed by atoms with Crippen molar-refractivity contribution in [2.24, 2.45) is 0 Å². The topological polar surface area (TPSA) is 68.0 Å². The highest BCUT2D eigenvalue weighted by atomic mass is 32.2. The van der Waals surface area contributed by atoms with Gasteiger partial charge in [-0.25, -0.2) is 8.78 Å². The average Bonchev–Trinajstić information content (AvgIpc) is 3.03. The standard InChI is InChI=1S/C18H15F2N3O2S/c1-10(2)26-13-5-3-4-11(8-13)17-22-23-18(25-17)21-16(24)14-7-6-12(19)9-15(14)20/h3-10H,1-2H3,(H,21,23,24). The fourth-order valence-corrected chi connectivity index (χ4v) is 3.10. The molecular formula is C18H15F2N3O2S. The minimum Gasteiger partial charge on any atom is -0.403 e. The van der Waals surface area contributed by atoms with E-state index < -0.39 is 17.5 Å². The molecule has 1 N–H and O–H groups in total. The molecule has 0 aliphatic carbocycles. The number of hydrogen-bond acceptors (Lipinski definition) is 5. The second-order valence-electron chi connectivity index (χ2n) is 5.69. The molecule has 0 aliphatic rings. The number of hydrogen-bond donors (Lipinski definition) is 1. The predicted octanol–water partition coefficient (Wildman–Crippen LogP) is 4.77. The quantitative estimate of drug-likeness (QED) is 0.651. The zero-order valence-electron chi connectivity index (χ0n) is 14.0. The molecule has 26 heavy (non-hydrogen) atoms. The summed E-state index contributed by atoms with van der Waals surface area (Å²) < 4.78 is 32.0. The largest absolute Gasteiger partial charge is 0.403 e. The molecule has 0 aliphatic heterocycles. The van der Waals surface area contributed by atoms with Crippen LogP contribution in [0.25, 0.3) is 11.5 Å². The number of nitrogens with one attached hydrogen (secondary N) is 1. The van der Waals surface area contributed by atoms with Gasteiger partial charge in [-0.1, -0.05) is 25.0 Å². The first-order chi connectivity index (χ1) is 12.4. The van der Waals surface area contributed by atoms with Crippen molar-refractivity contribution in [2.75, 3.05) is 5.32 Å². The Morgan fingerprint density at radius 3 is 2.69 bits per heavy atom. The Kier molecular flexibility index (Phi) is 5.32. The fraction of sp³-hybridized carbons (Fsp3) is 0.167. The molecule has 0 radical (unpaired) electrons. The van der Waals surface area contributed by atoms with E-state index in [1.165, 1.54) is 0 Å². The number of aromatic nitrogens is 2. The SMILES string of the molecule is CC(C)Sc1cccc(-c2nnc(NC(=O)c3ccc(F)cc3F)o2)c1. The van der Waals surface area contributed by atoms with E-state index in [2.05, 4.69) is 29.4 Å². The van der Waals surface area contributed by atoms with Gasteiger partial charge in [-0.05, 0) is 30.3 Å². The molecule has 1 heterocycles. The van der Waals surface area contributed by atoms with Crippen molar-refractivity contribution in [3.63, 3.8) is 0 Å². The minimum atomic E-state index is -0.972. The Morgan fingerprint density at radius 2 is 1.96 bits per heavy atom. The first-order valence-electron chi connectivity index (χ1n) is 7.79. The molecule has 2 aromatic carbocycles. The lowest BCUT2D eigenvalue weighted by Gasteiger charge is -2.05. The summed E-state index contributed by atoms with van der Waals surface area (Å²) in [4.78, 5) is 13.1. The fourth-order valence-electron chi connectivity index (χ4n) is 2.20. The Bertz CT molecular complexity index is 944. The molecule has 1 amide bonds. The monoisotopic (exact) mass is 375 g/mol. The van der Waals surface area contributed by atoms with Crippen LogP contribution in [-0.4, -0.2) is 21.4 Å². The molecule has 134 valence electrons. The van der Waals surface area contributed by atoms with Crippen LogP contribution < -0.4 is 5.32 Å². The van der Waals surface area contributed by atoms with Crippen molar-refractivity contribution in [2.45, 2.75) is 24.0 Å². The van der Waals surface area contributed by atoms with Gasteiger partial charge in [0.05, 0.1) is 5.56 Å². The van der Waals surface area contributed by atoms with Gasteiger partial charge in [0.15, 0.2) is 0 Å². The van der Waals surface area contributed by atoms with E-state index in [-0.39, 0.29) is 17.5 Å². The van der Waals surface area contributed by atoms with Gasteiger partial charge in [0, 0.05) is 21.8 Å². The number of nitrogens with zero attached hydrogens (tertiary/aromatic N) is 2. The van der Waals surface area contributed by atoms with Crippen LogP contribution in [0.2, 0.25) is 0 Å². The number of thioether (sulfide) groups is 1. The Morgan fingerprint density at radius 1 is 1.15 bits per heavy atom. The summed E-state index contributed by atoms with van der Waals surface area (Å²) in [6.45, 7) is 4.18. The van der Waals surface area contributed by atoms with Crippen LogP contribution in [0.5, 0.6) is 0 Å². The molecule has 0 saturated carbocycles. The maximum absolute atomic E-state index is 13.7. The van der Waals surface area contributed by atoms with Gasteiger partial charge in [-0.3, -0.25) is 10.1 Å². The van der Waals surface area contributed by atoms with Crippen molar-refractivity contribution in [1.82, 2.24) is 10.2 Å². The number of carbonyl (C=O) groups excluding carboxylic acids is 1. The van der Waals surface area contributed by atoms with Crippen LogP contribution in [0.1, 0.15) is 24.2 Å². The van der Waals surface area contributed by atoms with Gasteiger partial charge in [0.2, 0.25) is 5.89 Å². The second kappa shape index (κ2) is 7.65. The third kappa shape index (κ3) is 4.26. The van der Waals surface area contributed by atoms with E-state index in [0.29, 0.717) is 16.9 Å². The first-order valence-corrected chi connectivity index (χ1v) is 8.67.